The van der Waals surface area contributed by atoms with Crippen molar-refractivity contribution in [2.75, 3.05) is 52.6 Å². The Balaban J connectivity index is 1.01. The van der Waals surface area contributed by atoms with Gasteiger partial charge < -0.3 is 35.5 Å². The smallest absolute Gasteiger partial charge is 0.246 e. The first kappa shape index (κ1) is 37.7. The van der Waals surface area contributed by atoms with Gasteiger partial charge in [0.15, 0.2) is 9.84 Å². The number of nitrogens with two attached hydrogens (primary N) is 1. The lowest BCUT2D eigenvalue weighted by Gasteiger charge is -2.38. The molecule has 3 aliphatic rings. The zero-order valence-electron chi connectivity index (χ0n) is 29.0. The lowest BCUT2D eigenvalue weighted by molar-refractivity contribution is -0.0312. The van der Waals surface area contributed by atoms with Crippen molar-refractivity contribution in [3.8, 4) is 22.6 Å². The van der Waals surface area contributed by atoms with Crippen LogP contribution < -0.4 is 20.5 Å². The average molecular weight is 744 g/mol. The number of piperidine rings is 1. The van der Waals surface area contributed by atoms with Crippen molar-refractivity contribution >= 4 is 19.9 Å². The number of sulfonamides is 1. The lowest BCUT2D eigenvalue weighted by Crippen LogP contribution is -2.47. The second-order valence-corrected chi connectivity index (χ2v) is 18.1. The van der Waals surface area contributed by atoms with Crippen LogP contribution in [0.25, 0.3) is 11.1 Å². The molecule has 278 valence electrons. The molecule has 1 spiro atoms. The van der Waals surface area contributed by atoms with E-state index in [1.54, 1.807) is 24.3 Å². The summed E-state index contributed by atoms with van der Waals surface area (Å²) in [5, 5.41) is 23.6. The van der Waals surface area contributed by atoms with E-state index in [0.29, 0.717) is 76.5 Å². The minimum Gasteiger partial charge on any atom is -0.492 e. The van der Waals surface area contributed by atoms with Gasteiger partial charge in [-0.25, -0.2) is 16.8 Å². The van der Waals surface area contributed by atoms with Crippen LogP contribution in [-0.4, -0.2) is 106 Å². The minimum atomic E-state index is -3.86. The molecule has 14 heteroatoms. The van der Waals surface area contributed by atoms with E-state index < -0.39 is 42.9 Å². The van der Waals surface area contributed by atoms with Gasteiger partial charge in [-0.2, -0.15) is 4.31 Å². The SMILES string of the molecule is CCOc1ccc(-c2ccc(CCN)cc2)cc1S(=O)(=O)N1CCC2(CC1)C[C@H](NC[C@H](O)COc1cccc(S(=O)(=O)C3(CO)CC3)c1)CO2. The number of rotatable bonds is 16. The standard InChI is InChI=1S/C37H49N3O9S2/c1-2-47-34-11-10-29(28-8-6-27(7-9-28)12-17-38)20-35(34)51(45,46)40-18-15-36(16-19-40)22-30(24-49-36)39-23-31(42)25-48-32-4-3-5-33(21-32)50(43,44)37(26-41)13-14-37/h3-11,20-21,30-31,39,41-42H,2,12-19,22-26,38H2,1H3/t30-,31-/m0/s1. The minimum absolute atomic E-state index is 0.0260. The van der Waals surface area contributed by atoms with Crippen molar-refractivity contribution in [1.29, 1.82) is 0 Å². The highest BCUT2D eigenvalue weighted by molar-refractivity contribution is 7.93. The monoisotopic (exact) mass is 743 g/mol. The van der Waals surface area contributed by atoms with Gasteiger partial charge in [0.2, 0.25) is 10.0 Å². The fourth-order valence-electron chi connectivity index (χ4n) is 6.98. The van der Waals surface area contributed by atoms with Crippen LogP contribution in [0.5, 0.6) is 11.5 Å². The third-order valence-electron chi connectivity index (χ3n) is 10.3. The van der Waals surface area contributed by atoms with Crippen molar-refractivity contribution in [1.82, 2.24) is 9.62 Å². The van der Waals surface area contributed by atoms with Gasteiger partial charge in [0.25, 0.3) is 0 Å². The number of aliphatic hydroxyl groups excluding tert-OH is 2. The molecule has 2 saturated heterocycles. The van der Waals surface area contributed by atoms with Gasteiger partial charge in [0.1, 0.15) is 29.1 Å². The summed E-state index contributed by atoms with van der Waals surface area (Å²) >= 11 is 0. The maximum atomic E-state index is 14.0. The number of nitrogens with one attached hydrogen (secondary N) is 1. The lowest BCUT2D eigenvalue weighted by atomic mass is 9.88. The van der Waals surface area contributed by atoms with E-state index in [0.717, 1.165) is 23.1 Å². The molecule has 2 heterocycles. The number of aliphatic hydroxyl groups is 2. The van der Waals surface area contributed by atoms with Gasteiger partial charge >= 0.3 is 0 Å². The van der Waals surface area contributed by atoms with Crippen LogP contribution in [-0.2, 0) is 31.0 Å². The Bertz CT molecular complexity index is 1880. The number of hydrogen-bond acceptors (Lipinski definition) is 11. The van der Waals surface area contributed by atoms with Gasteiger partial charge in [0.05, 0.1) is 35.1 Å². The number of nitrogens with zero attached hydrogens (tertiary/aromatic N) is 1. The molecule has 0 bridgehead atoms. The third kappa shape index (κ3) is 8.13. The fraction of sp³-hybridized carbons (Fsp3) is 0.514. The summed E-state index contributed by atoms with van der Waals surface area (Å²) in [5.41, 5.74) is 8.05. The first-order valence-electron chi connectivity index (χ1n) is 17.6. The molecule has 5 N–H and O–H groups in total. The molecule has 3 aromatic rings. The largest absolute Gasteiger partial charge is 0.492 e. The van der Waals surface area contributed by atoms with Crippen LogP contribution in [0.4, 0.5) is 0 Å². The molecular weight excluding hydrogens is 695 g/mol. The van der Waals surface area contributed by atoms with Gasteiger partial charge in [-0.05, 0) is 99.0 Å². The van der Waals surface area contributed by atoms with Crippen LogP contribution in [0.2, 0.25) is 0 Å². The van der Waals surface area contributed by atoms with E-state index in [4.69, 9.17) is 19.9 Å². The first-order chi connectivity index (χ1) is 24.4. The Morgan fingerprint density at radius 3 is 2.37 bits per heavy atom. The van der Waals surface area contributed by atoms with E-state index in [9.17, 15) is 27.0 Å². The summed E-state index contributed by atoms with van der Waals surface area (Å²) in [6.45, 7) is 3.57. The molecule has 0 unspecified atom stereocenters. The van der Waals surface area contributed by atoms with Crippen LogP contribution >= 0.6 is 0 Å². The van der Waals surface area contributed by atoms with Crippen LogP contribution in [0.3, 0.4) is 0 Å². The summed E-state index contributed by atoms with van der Waals surface area (Å²) < 4.78 is 72.2. The second kappa shape index (κ2) is 15.5. The van der Waals surface area contributed by atoms with Gasteiger partial charge in [-0.3, -0.25) is 0 Å². The number of benzene rings is 3. The molecule has 0 amide bonds. The maximum absolute atomic E-state index is 14.0. The topological polar surface area (TPSA) is 178 Å². The van der Waals surface area contributed by atoms with E-state index in [1.165, 1.54) is 16.4 Å². The predicted molar refractivity (Wildman–Crippen MR) is 193 cm³/mol. The molecule has 2 atom stereocenters. The quantitative estimate of drug-likeness (QED) is 0.170. The molecule has 12 nitrogen and oxygen atoms in total. The van der Waals surface area contributed by atoms with E-state index in [1.807, 2.05) is 37.3 Å². The molecule has 6 rings (SSSR count). The van der Waals surface area contributed by atoms with Crippen LogP contribution in [0, 0.1) is 0 Å². The summed E-state index contributed by atoms with van der Waals surface area (Å²) in [5.74, 6) is 0.655. The maximum Gasteiger partial charge on any atom is 0.246 e. The molecule has 3 aromatic carbocycles. The Hall–Kier alpha value is -3.08. The molecule has 3 fully saturated rings. The van der Waals surface area contributed by atoms with E-state index >= 15 is 0 Å². The van der Waals surface area contributed by atoms with Crippen molar-refractivity contribution in [2.24, 2.45) is 5.73 Å². The molecule has 0 aromatic heterocycles. The molecular formula is C37H49N3O9S2. The zero-order valence-corrected chi connectivity index (χ0v) is 30.6. The summed E-state index contributed by atoms with van der Waals surface area (Å²) in [6.07, 6.45) is 2.54. The molecule has 51 heavy (non-hydrogen) atoms. The Morgan fingerprint density at radius 1 is 0.980 bits per heavy atom. The number of ether oxygens (including phenoxy) is 3. The Labute approximate surface area is 300 Å². The van der Waals surface area contributed by atoms with Gasteiger partial charge in [-0.1, -0.05) is 36.4 Å². The summed E-state index contributed by atoms with van der Waals surface area (Å²) in [4.78, 5) is 0.247. The first-order valence-corrected chi connectivity index (χ1v) is 20.6. The molecule has 0 radical (unpaired) electrons. The summed E-state index contributed by atoms with van der Waals surface area (Å²) in [6, 6.07) is 19.4. The molecule has 1 aliphatic carbocycles. The van der Waals surface area contributed by atoms with E-state index in [-0.39, 0.29) is 29.0 Å². The van der Waals surface area contributed by atoms with Crippen molar-refractivity contribution in [2.45, 2.75) is 77.7 Å². The third-order valence-corrected chi connectivity index (χ3v) is 14.8. The average Bonchev–Trinajstić information content (AvgIpc) is 3.87. The van der Waals surface area contributed by atoms with Gasteiger partial charge in [-0.15, -0.1) is 0 Å². The highest BCUT2D eigenvalue weighted by Crippen LogP contribution is 2.46. The Morgan fingerprint density at radius 2 is 1.71 bits per heavy atom. The fourth-order valence-corrected chi connectivity index (χ4v) is 10.4. The van der Waals surface area contributed by atoms with Crippen molar-refractivity contribution in [3.05, 3.63) is 72.3 Å². The normalized spacial score (nSPS) is 20.7. The predicted octanol–water partition coefficient (Wildman–Crippen LogP) is 2.89. The summed E-state index contributed by atoms with van der Waals surface area (Å²) in [7, 11) is -7.54. The number of hydrogen-bond donors (Lipinski definition) is 4. The molecule has 1 saturated carbocycles. The highest BCUT2D eigenvalue weighted by atomic mass is 32.2. The number of sulfone groups is 1. The van der Waals surface area contributed by atoms with Crippen molar-refractivity contribution in [3.63, 3.8) is 0 Å². The van der Waals surface area contributed by atoms with E-state index in [2.05, 4.69) is 5.32 Å². The molecule has 2 aliphatic heterocycles. The Kier molecular flexibility index (Phi) is 11.4. The van der Waals surface area contributed by atoms with Crippen LogP contribution in [0.15, 0.2) is 76.5 Å². The van der Waals surface area contributed by atoms with Gasteiger partial charge in [0, 0.05) is 25.7 Å². The van der Waals surface area contributed by atoms with Crippen molar-refractivity contribution < 1.29 is 41.3 Å². The second-order valence-electron chi connectivity index (χ2n) is 13.8. The zero-order chi connectivity index (χ0) is 36.3. The van der Waals surface area contributed by atoms with Crippen LogP contribution in [0.1, 0.15) is 44.6 Å². The highest BCUT2D eigenvalue weighted by Gasteiger charge is 2.54.